The molecule has 0 radical (unpaired) electrons. The zero-order valence-corrected chi connectivity index (χ0v) is 77.8. The van der Waals surface area contributed by atoms with Gasteiger partial charge < -0.3 is 51.3 Å². The molecular formula is C104H107N29O7. The molecule has 1 aliphatic carbocycles. The molecule has 23 rings (SSSR count). The molecule has 7 aliphatic rings. The van der Waals surface area contributed by atoms with E-state index >= 15 is 0 Å². The average Bonchev–Trinajstić information content (AvgIpc) is 1.64. The van der Waals surface area contributed by atoms with Gasteiger partial charge in [-0.25, -0.2) is 4.79 Å². The van der Waals surface area contributed by atoms with Crippen molar-refractivity contribution < 1.29 is 33.5 Å². The fraction of sp³-hybridized carbons (Fsp3) is 0.288. The van der Waals surface area contributed by atoms with Crippen LogP contribution in [0.25, 0.3) is 88.1 Å². The number of aromatic amines is 4. The van der Waals surface area contributed by atoms with Gasteiger partial charge in [-0.15, -0.1) is 0 Å². The van der Waals surface area contributed by atoms with Crippen LogP contribution in [0.15, 0.2) is 220 Å². The molecule has 0 unspecified atom stereocenters. The molecule has 0 bridgehead atoms. The summed E-state index contributed by atoms with van der Waals surface area (Å²) < 4.78 is 5.47. The second-order valence-corrected chi connectivity index (χ2v) is 36.3. The Hall–Kier alpha value is -16.0. The Morgan fingerprint density at radius 1 is 0.314 bits per heavy atom. The maximum absolute atomic E-state index is 13.1. The zero-order chi connectivity index (χ0) is 95.4. The zero-order valence-electron chi connectivity index (χ0n) is 77.8. The number of carbonyl (C=O) groups excluding carboxylic acids is 6. The van der Waals surface area contributed by atoms with Crippen LogP contribution in [0.3, 0.4) is 0 Å². The van der Waals surface area contributed by atoms with Gasteiger partial charge in [0.25, 0.3) is 23.6 Å². The van der Waals surface area contributed by atoms with Crippen LogP contribution in [0.5, 0.6) is 0 Å². The third-order valence-electron chi connectivity index (χ3n) is 26.0. The van der Waals surface area contributed by atoms with Crippen molar-refractivity contribution >= 4 is 125 Å². The van der Waals surface area contributed by atoms with E-state index in [1.54, 1.807) is 63.7 Å². The molecule has 0 atom stereocenters. The van der Waals surface area contributed by atoms with Crippen LogP contribution in [0.4, 0.5) is 50.3 Å². The second kappa shape index (κ2) is 42.3. The number of pyridine rings is 8. The number of nitrogens with zero attached hydrogens (tertiary/aromatic N) is 19. The van der Waals surface area contributed by atoms with Gasteiger partial charge in [-0.05, 0) is 254 Å². The van der Waals surface area contributed by atoms with Crippen LogP contribution in [-0.4, -0.2) is 247 Å². The summed E-state index contributed by atoms with van der Waals surface area (Å²) >= 11 is 0. The van der Waals surface area contributed by atoms with Crippen molar-refractivity contribution in [3.63, 3.8) is 0 Å². The number of anilines is 8. The van der Waals surface area contributed by atoms with E-state index in [4.69, 9.17) is 4.74 Å². The lowest BCUT2D eigenvalue weighted by molar-refractivity contribution is -0.117. The van der Waals surface area contributed by atoms with Gasteiger partial charge in [-0.2, -0.15) is 20.4 Å². The van der Waals surface area contributed by atoms with Crippen LogP contribution in [0.1, 0.15) is 123 Å². The number of nitrogens with one attached hydrogen (secondary N) is 10. The molecular weight excluding hydrogens is 1770 g/mol. The highest BCUT2D eigenvalue weighted by atomic mass is 16.5. The van der Waals surface area contributed by atoms with Gasteiger partial charge in [-0.1, -0.05) is 24.3 Å². The molecule has 6 saturated heterocycles. The number of aromatic nitrogens is 16. The molecule has 4 aromatic carbocycles. The number of H-pyrrole nitrogens is 4. The van der Waals surface area contributed by atoms with E-state index in [0.717, 1.165) is 242 Å². The minimum atomic E-state index is -0.323. The van der Waals surface area contributed by atoms with E-state index in [0.29, 0.717) is 62.0 Å². The van der Waals surface area contributed by atoms with E-state index in [1.165, 1.54) is 49.8 Å². The van der Waals surface area contributed by atoms with Gasteiger partial charge >= 0.3 is 6.03 Å². The fourth-order valence-corrected chi connectivity index (χ4v) is 17.3. The molecule has 16 aromatic rings. The molecule has 0 spiro atoms. The number of carbonyl (C=O) groups is 6. The summed E-state index contributed by atoms with van der Waals surface area (Å²) in [6.45, 7) is 17.6. The highest BCUT2D eigenvalue weighted by molar-refractivity contribution is 6.15. The minimum Gasteiger partial charge on any atom is -0.378 e. The summed E-state index contributed by atoms with van der Waals surface area (Å²) in [4.78, 5) is 127. The van der Waals surface area contributed by atoms with E-state index in [-0.39, 0.29) is 47.2 Å². The monoisotopic (exact) mass is 1870 g/mol. The number of ether oxygens (including phenoxy) is 1. The first-order valence-corrected chi connectivity index (χ1v) is 47.6. The molecule has 7 amide bonds. The van der Waals surface area contributed by atoms with Crippen LogP contribution >= 0.6 is 0 Å². The minimum absolute atomic E-state index is 0.0382. The largest absolute Gasteiger partial charge is 0.378 e. The van der Waals surface area contributed by atoms with Crippen LogP contribution in [0, 0.1) is 5.92 Å². The van der Waals surface area contributed by atoms with Crippen LogP contribution < -0.4 is 41.7 Å². The third kappa shape index (κ3) is 22.3. The number of hydrogen-bond acceptors (Lipinski definition) is 25. The predicted molar refractivity (Wildman–Crippen MR) is 539 cm³/mol. The number of urea groups is 1. The van der Waals surface area contributed by atoms with E-state index in [9.17, 15) is 28.8 Å². The van der Waals surface area contributed by atoms with Gasteiger partial charge in [0.15, 0.2) is 22.8 Å². The summed E-state index contributed by atoms with van der Waals surface area (Å²) in [5, 5.41) is 49.2. The Balaban J connectivity index is 0.000000115. The van der Waals surface area contributed by atoms with Gasteiger partial charge in [-0.3, -0.25) is 104 Å². The highest BCUT2D eigenvalue weighted by Crippen LogP contribution is 2.36. The smallest absolute Gasteiger partial charge is 0.321 e. The van der Waals surface area contributed by atoms with Crippen LogP contribution in [-0.2, 0) is 35.7 Å². The average molecular weight is 1880 g/mol. The van der Waals surface area contributed by atoms with Crippen molar-refractivity contribution in [1.82, 2.24) is 105 Å². The fourth-order valence-electron chi connectivity index (χ4n) is 17.3. The molecule has 140 heavy (non-hydrogen) atoms. The molecule has 6 aliphatic heterocycles. The Labute approximate surface area is 806 Å². The molecule has 36 nitrogen and oxygen atoms in total. The number of likely N-dealkylation sites (tertiary alicyclic amines) is 4. The molecule has 18 heterocycles. The Bertz CT molecular complexity index is 6740. The van der Waals surface area contributed by atoms with E-state index < -0.39 is 0 Å². The maximum atomic E-state index is 13.1. The highest BCUT2D eigenvalue weighted by Gasteiger charge is 2.31. The summed E-state index contributed by atoms with van der Waals surface area (Å²) in [6.07, 6.45) is 31.6. The van der Waals surface area contributed by atoms with Crippen molar-refractivity contribution in [3.8, 4) is 44.5 Å². The topological polar surface area (TPSA) is 424 Å². The van der Waals surface area contributed by atoms with Crippen LogP contribution in [0.2, 0.25) is 0 Å². The van der Waals surface area contributed by atoms with Gasteiger partial charge in [0.05, 0.1) is 153 Å². The molecule has 1 saturated carbocycles. The Kier molecular flexibility index (Phi) is 27.7. The number of fused-ring (bicyclic) bond motifs is 4. The van der Waals surface area contributed by atoms with Crippen molar-refractivity contribution in [3.05, 3.63) is 266 Å². The molecule has 12 aromatic heterocycles. The number of amides is 7. The van der Waals surface area contributed by atoms with E-state index in [1.807, 2.05) is 158 Å². The number of benzene rings is 4. The summed E-state index contributed by atoms with van der Waals surface area (Å²) in [7, 11) is 3.34. The normalized spacial score (nSPS) is 15.4. The standard InChI is InChI=1S/C27H29N7O.C26H27N7O2.C26H25N7O2.C25H26N8O2/c35-27(30-21-6-7-22(29-16-21)18-33-9-4-10-33)26-24-14-19(5-8-25(24)31-32-26)20-13-23(17-28-15-20)34-11-2-1-3-12-34;34-26(29-20-3-4-21(28-15-20)17-32-6-1-7-32)25-23-13-18(2-5-24(23)30-31-25)19-12-22(16-27-14-19)33-8-10-35-11-9-33;34-25(16-2-3-16)30-21-10-18(12-27-13-21)17-4-7-23-22(11-17)24(32-31-23)26(35)29-19-5-6-20(28-14-19)15-33-8-1-9-33;1-32(2)25(35)29-20-10-17(12-26-13-20)16-4-7-22-21(11-16)23(31-30-22)24(34)28-18-5-6-19(27-14-18)15-33-8-3-9-33/h5-8,13-17H,1-4,9-12,18H2,(H,30,35)(H,31,32);2-5,12-16H,1,6-11,17H2,(H,29,34)(H,30,31);4-7,10-14,16H,1-3,8-9,15H2,(H,29,35)(H,30,34)(H,31,32);4-7,10-14H,3,8-9,15H2,1-2H3,(H,28,34)(H,29,35)(H,30,31). The van der Waals surface area contributed by atoms with Gasteiger partial charge in [0, 0.05) is 141 Å². The number of morpholine rings is 1. The number of hydrogen-bond donors (Lipinski definition) is 10. The summed E-state index contributed by atoms with van der Waals surface area (Å²) in [5.41, 5.74) is 21.8. The molecule has 7 fully saturated rings. The quantitative estimate of drug-likeness (QED) is 0.0254. The first kappa shape index (κ1) is 91.7. The third-order valence-corrected chi connectivity index (χ3v) is 26.0. The summed E-state index contributed by atoms with van der Waals surface area (Å²) in [5.74, 6) is -1.01. The molecule has 10 N–H and O–H groups in total. The first-order chi connectivity index (χ1) is 68.5. The summed E-state index contributed by atoms with van der Waals surface area (Å²) in [6, 6.07) is 46.5. The Morgan fingerprint density at radius 2 is 0.629 bits per heavy atom. The first-order valence-electron chi connectivity index (χ1n) is 47.6. The lowest BCUT2D eigenvalue weighted by Gasteiger charge is -2.30. The lowest BCUT2D eigenvalue weighted by atomic mass is 10.0. The maximum Gasteiger partial charge on any atom is 0.321 e. The van der Waals surface area contributed by atoms with Crippen molar-refractivity contribution in [1.29, 1.82) is 0 Å². The van der Waals surface area contributed by atoms with Crippen molar-refractivity contribution in [2.24, 2.45) is 5.92 Å². The number of rotatable bonds is 25. The van der Waals surface area contributed by atoms with Crippen molar-refractivity contribution in [2.75, 3.05) is 148 Å². The van der Waals surface area contributed by atoms with Gasteiger partial charge in [0.1, 0.15) is 0 Å². The number of piperidine rings is 1. The van der Waals surface area contributed by atoms with E-state index in [2.05, 4.69) is 154 Å². The lowest BCUT2D eigenvalue weighted by Crippen LogP contribution is -2.36. The second-order valence-electron chi connectivity index (χ2n) is 36.3. The predicted octanol–water partition coefficient (Wildman–Crippen LogP) is 15.2. The Morgan fingerprint density at radius 3 is 0.929 bits per heavy atom. The van der Waals surface area contributed by atoms with Gasteiger partial charge in [0.2, 0.25) is 5.91 Å². The van der Waals surface area contributed by atoms with Crippen molar-refractivity contribution in [2.45, 2.75) is 84.0 Å². The molecule has 710 valence electrons. The molecule has 36 heteroatoms. The SMILES string of the molecule is CN(C)C(=O)Nc1cncc(-c2ccc3[nH]nc(C(=O)Nc4ccc(CN5CCC5)nc4)c3c2)c1.O=C(Nc1ccc(CN2CCC2)nc1)c1n[nH]c2ccc(-c3cncc(N4CCCCC4)c3)cc12.O=C(Nc1ccc(CN2CCC2)nc1)c1n[nH]c2ccc(-c3cncc(N4CCOCC4)c3)cc12.O=C(Nc1ccc(CN2CCC2)nc1)c1n[nH]c2ccc(-c3cncc(NC(=O)C4CC4)c3)cc12.